The molecule has 1 aliphatic rings. The van der Waals surface area contributed by atoms with Crippen LogP contribution in [0.15, 0.2) is 24.3 Å². The molecule has 0 unspecified atom stereocenters. The van der Waals surface area contributed by atoms with E-state index >= 15 is 0 Å². The molecule has 1 heterocycles. The third-order valence-electron chi connectivity index (χ3n) is 3.08. The highest BCUT2D eigenvalue weighted by atomic mass is 19.3. The monoisotopic (exact) mass is 285 g/mol. The van der Waals surface area contributed by atoms with Crippen molar-refractivity contribution >= 4 is 17.3 Å². The molecular formula is C12H13F2N3O3. The number of alkyl halides is 2. The Morgan fingerprint density at radius 2 is 2.10 bits per heavy atom. The van der Waals surface area contributed by atoms with E-state index in [1.54, 1.807) is 11.0 Å². The molecule has 1 aromatic carbocycles. The van der Waals surface area contributed by atoms with Crippen LogP contribution in [0.1, 0.15) is 0 Å². The highest BCUT2D eigenvalue weighted by molar-refractivity contribution is 5.94. The minimum absolute atomic E-state index is 0.0464. The molecule has 0 saturated carbocycles. The van der Waals surface area contributed by atoms with Gasteiger partial charge in [-0.15, -0.1) is 0 Å². The second-order valence-corrected chi connectivity index (χ2v) is 4.61. The van der Waals surface area contributed by atoms with E-state index in [1.165, 1.54) is 18.2 Å². The fraction of sp³-hybridized carbons (Fsp3) is 0.417. The standard InChI is InChI=1S/C12H13F2N3O3/c13-12(14)8-5-16(6-8)7-11(18)15-9-3-1-2-4-10(9)17(19)20/h1-4,8,12H,5-7H2,(H,15,18). The molecule has 1 N–H and O–H groups in total. The van der Waals surface area contributed by atoms with Crippen molar-refractivity contribution in [2.75, 3.05) is 25.0 Å². The number of benzene rings is 1. The number of carbonyl (C=O) groups is 1. The number of likely N-dealkylation sites (tertiary alicyclic amines) is 1. The highest BCUT2D eigenvalue weighted by Crippen LogP contribution is 2.24. The van der Waals surface area contributed by atoms with Crippen LogP contribution in [0.4, 0.5) is 20.2 Å². The molecule has 0 radical (unpaired) electrons. The zero-order valence-corrected chi connectivity index (χ0v) is 10.5. The molecule has 0 bridgehead atoms. The summed E-state index contributed by atoms with van der Waals surface area (Å²) in [6, 6.07) is 5.77. The lowest BCUT2D eigenvalue weighted by Crippen LogP contribution is -2.52. The average Bonchev–Trinajstić information content (AvgIpc) is 2.33. The molecule has 8 heteroatoms. The maximum atomic E-state index is 12.3. The van der Waals surface area contributed by atoms with Crippen LogP contribution >= 0.6 is 0 Å². The van der Waals surface area contributed by atoms with E-state index in [2.05, 4.69) is 5.32 Å². The molecule has 6 nitrogen and oxygen atoms in total. The van der Waals surface area contributed by atoms with Gasteiger partial charge < -0.3 is 5.32 Å². The van der Waals surface area contributed by atoms with Gasteiger partial charge in [0.1, 0.15) is 5.69 Å². The summed E-state index contributed by atoms with van der Waals surface area (Å²) in [7, 11) is 0. The van der Waals surface area contributed by atoms with Gasteiger partial charge in [0.05, 0.1) is 11.5 Å². The average molecular weight is 285 g/mol. The first kappa shape index (κ1) is 14.3. The van der Waals surface area contributed by atoms with Crippen LogP contribution in [0.25, 0.3) is 0 Å². The number of anilines is 1. The van der Waals surface area contributed by atoms with Gasteiger partial charge in [0.2, 0.25) is 12.3 Å². The summed E-state index contributed by atoms with van der Waals surface area (Å²) in [5, 5.41) is 13.2. The molecule has 1 saturated heterocycles. The fourth-order valence-electron chi connectivity index (χ4n) is 2.03. The second kappa shape index (κ2) is 5.91. The lowest BCUT2D eigenvalue weighted by atomic mass is 10.0. The molecule has 0 spiro atoms. The fourth-order valence-corrected chi connectivity index (χ4v) is 2.03. The predicted molar refractivity (Wildman–Crippen MR) is 67.7 cm³/mol. The molecule has 0 atom stereocenters. The number of hydrogen-bond acceptors (Lipinski definition) is 4. The van der Waals surface area contributed by atoms with Crippen molar-refractivity contribution in [3.8, 4) is 0 Å². The smallest absolute Gasteiger partial charge is 0.292 e. The molecular weight excluding hydrogens is 272 g/mol. The molecule has 108 valence electrons. The second-order valence-electron chi connectivity index (χ2n) is 4.61. The number of halogens is 2. The van der Waals surface area contributed by atoms with Crippen LogP contribution in [0.2, 0.25) is 0 Å². The maximum Gasteiger partial charge on any atom is 0.292 e. The van der Waals surface area contributed by atoms with E-state index in [0.29, 0.717) is 0 Å². The van der Waals surface area contributed by atoms with E-state index in [-0.39, 0.29) is 31.0 Å². The quantitative estimate of drug-likeness (QED) is 0.660. The number of amides is 1. The summed E-state index contributed by atoms with van der Waals surface area (Å²) in [5.74, 6) is -1.14. The van der Waals surface area contributed by atoms with E-state index in [9.17, 15) is 23.7 Å². The Hall–Kier alpha value is -2.09. The topological polar surface area (TPSA) is 75.5 Å². The van der Waals surface area contributed by atoms with Gasteiger partial charge in [-0.1, -0.05) is 12.1 Å². The number of nitrogens with one attached hydrogen (secondary N) is 1. The molecule has 1 aliphatic heterocycles. The number of carbonyl (C=O) groups excluding carboxylic acids is 1. The van der Waals surface area contributed by atoms with Crippen LogP contribution in [0.3, 0.4) is 0 Å². The molecule has 0 aromatic heterocycles. The van der Waals surface area contributed by atoms with Crippen molar-refractivity contribution in [2.45, 2.75) is 6.43 Å². The summed E-state index contributed by atoms with van der Waals surface area (Å²) in [6.07, 6.45) is -2.37. The molecule has 1 amide bonds. The van der Waals surface area contributed by atoms with E-state index in [0.717, 1.165) is 0 Å². The molecule has 20 heavy (non-hydrogen) atoms. The Morgan fingerprint density at radius 1 is 1.45 bits per heavy atom. The van der Waals surface area contributed by atoms with Crippen LogP contribution in [-0.2, 0) is 4.79 Å². The van der Waals surface area contributed by atoms with Gasteiger partial charge in [-0.2, -0.15) is 0 Å². The summed E-state index contributed by atoms with van der Waals surface area (Å²) >= 11 is 0. The normalized spacial score (nSPS) is 15.9. The van der Waals surface area contributed by atoms with Crippen LogP contribution in [-0.4, -0.2) is 41.8 Å². The molecule has 1 fully saturated rings. The van der Waals surface area contributed by atoms with Crippen LogP contribution in [0.5, 0.6) is 0 Å². The Balaban J connectivity index is 1.88. The van der Waals surface area contributed by atoms with Crippen molar-refractivity contribution < 1.29 is 18.5 Å². The molecule has 2 rings (SSSR count). The van der Waals surface area contributed by atoms with Gasteiger partial charge >= 0.3 is 0 Å². The number of hydrogen-bond donors (Lipinski definition) is 1. The minimum Gasteiger partial charge on any atom is -0.319 e. The van der Waals surface area contributed by atoms with Crippen molar-refractivity contribution in [1.82, 2.24) is 4.90 Å². The lowest BCUT2D eigenvalue weighted by Gasteiger charge is -2.37. The first-order chi connectivity index (χ1) is 9.47. The number of nitrogens with zero attached hydrogens (tertiary/aromatic N) is 2. The Morgan fingerprint density at radius 3 is 2.70 bits per heavy atom. The van der Waals surface area contributed by atoms with Crippen molar-refractivity contribution in [2.24, 2.45) is 5.92 Å². The number of nitro benzene ring substituents is 1. The molecule has 0 aliphatic carbocycles. The Bertz CT molecular complexity index is 518. The number of nitro groups is 1. The van der Waals surface area contributed by atoms with Crippen LogP contribution < -0.4 is 5.32 Å². The zero-order chi connectivity index (χ0) is 14.7. The SMILES string of the molecule is O=C(CN1CC(C(F)F)C1)Nc1ccccc1[N+](=O)[O-]. The summed E-state index contributed by atoms with van der Waals surface area (Å²) in [5.41, 5.74) is -0.0941. The van der Waals surface area contributed by atoms with Gasteiger partial charge in [0, 0.05) is 25.1 Å². The third-order valence-corrected chi connectivity index (χ3v) is 3.08. The summed E-state index contributed by atoms with van der Waals surface area (Å²) in [6.45, 7) is 0.291. The van der Waals surface area contributed by atoms with Crippen molar-refractivity contribution in [1.29, 1.82) is 0 Å². The maximum absolute atomic E-state index is 12.3. The van der Waals surface area contributed by atoms with Gasteiger partial charge in [0.15, 0.2) is 0 Å². The first-order valence-electron chi connectivity index (χ1n) is 6.01. The Kier molecular flexibility index (Phi) is 4.23. The van der Waals surface area contributed by atoms with E-state index in [4.69, 9.17) is 0 Å². The third kappa shape index (κ3) is 3.27. The van der Waals surface area contributed by atoms with Gasteiger partial charge in [-0.05, 0) is 6.07 Å². The summed E-state index contributed by atoms with van der Waals surface area (Å²) < 4.78 is 24.6. The van der Waals surface area contributed by atoms with E-state index < -0.39 is 23.2 Å². The van der Waals surface area contributed by atoms with Gasteiger partial charge in [0.25, 0.3) is 5.69 Å². The van der Waals surface area contributed by atoms with Gasteiger partial charge in [-0.3, -0.25) is 19.8 Å². The lowest BCUT2D eigenvalue weighted by molar-refractivity contribution is -0.383. The zero-order valence-electron chi connectivity index (χ0n) is 10.5. The first-order valence-corrected chi connectivity index (χ1v) is 6.01. The minimum atomic E-state index is -2.37. The number of rotatable bonds is 5. The highest BCUT2D eigenvalue weighted by Gasteiger charge is 2.34. The predicted octanol–water partition coefficient (Wildman–Crippen LogP) is 1.73. The Labute approximate surface area is 113 Å². The van der Waals surface area contributed by atoms with Gasteiger partial charge in [-0.25, -0.2) is 8.78 Å². The molecule has 1 aromatic rings. The van der Waals surface area contributed by atoms with E-state index in [1.807, 2.05) is 0 Å². The van der Waals surface area contributed by atoms with Crippen molar-refractivity contribution in [3.63, 3.8) is 0 Å². The summed E-state index contributed by atoms with van der Waals surface area (Å²) in [4.78, 5) is 23.5. The number of para-hydroxylation sites is 2. The van der Waals surface area contributed by atoms with Crippen LogP contribution in [0, 0.1) is 16.0 Å². The van der Waals surface area contributed by atoms with Crippen molar-refractivity contribution in [3.05, 3.63) is 34.4 Å². The largest absolute Gasteiger partial charge is 0.319 e.